The molecule has 0 aliphatic rings. The van der Waals surface area contributed by atoms with Crippen LogP contribution in [0.4, 0.5) is 9.18 Å². The van der Waals surface area contributed by atoms with Crippen LogP contribution in [0.5, 0.6) is 0 Å². The van der Waals surface area contributed by atoms with E-state index in [1.807, 2.05) is 0 Å². The highest BCUT2D eigenvalue weighted by Crippen LogP contribution is 2.08. The van der Waals surface area contributed by atoms with Crippen LogP contribution in [0.2, 0.25) is 0 Å². The molecule has 2 aromatic rings. The number of rotatable bonds is 0. The van der Waals surface area contributed by atoms with Crippen molar-refractivity contribution in [3.05, 3.63) is 24.4 Å². The average molecular weight is 169 g/mol. The monoisotopic (exact) mass is 169 g/mol. The third-order valence-electron chi connectivity index (χ3n) is 1.52. The number of hydrogen-bond acceptors (Lipinski definition) is 2. The lowest BCUT2D eigenvalue weighted by Gasteiger charge is -1.91. The molecule has 0 aliphatic carbocycles. The highest BCUT2D eigenvalue weighted by Gasteiger charge is 2.12. The van der Waals surface area contributed by atoms with Crippen LogP contribution in [0.25, 0.3) is 5.65 Å². The van der Waals surface area contributed by atoms with Gasteiger partial charge in [0.15, 0.2) is 11.5 Å². The number of halogens is 1. The molecule has 0 amide bonds. The van der Waals surface area contributed by atoms with Gasteiger partial charge in [0, 0.05) is 12.4 Å². The molecule has 1 N–H and O–H groups in total. The average Bonchev–Trinajstić information content (AvgIpc) is 2.53. The molecule has 0 unspecified atom stereocenters. The molecule has 0 saturated carbocycles. The van der Waals surface area contributed by atoms with Crippen molar-refractivity contribution in [3.8, 4) is 0 Å². The summed E-state index contributed by atoms with van der Waals surface area (Å²) in [7, 11) is 0. The minimum atomic E-state index is -1.23. The fourth-order valence-corrected chi connectivity index (χ4v) is 1.02. The normalized spacial score (nSPS) is 10.8. The molecule has 6 heteroatoms. The zero-order chi connectivity index (χ0) is 8.72. The van der Waals surface area contributed by atoms with Crippen molar-refractivity contribution in [1.82, 2.24) is 14.2 Å². The summed E-state index contributed by atoms with van der Waals surface area (Å²) in [6, 6.07) is 0. The van der Waals surface area contributed by atoms with E-state index < -0.39 is 11.9 Å². The molecule has 0 fully saturated rings. The standard InChI is InChI=1S/C6H4FN3O2/c7-4-3-8-10-2-1-9(5(4)10)6(11)12/h1-3H,(H,11,12). The van der Waals surface area contributed by atoms with Crippen LogP contribution in [-0.4, -0.2) is 25.4 Å². The van der Waals surface area contributed by atoms with Crippen molar-refractivity contribution >= 4 is 11.7 Å². The summed E-state index contributed by atoms with van der Waals surface area (Å²) < 4.78 is 14.8. The summed E-state index contributed by atoms with van der Waals surface area (Å²) in [5.41, 5.74) is -0.0671. The first-order valence-corrected chi connectivity index (χ1v) is 3.13. The van der Waals surface area contributed by atoms with E-state index in [0.717, 1.165) is 15.3 Å². The predicted octanol–water partition coefficient (Wildman–Crippen LogP) is 0.801. The number of imidazole rings is 1. The van der Waals surface area contributed by atoms with Gasteiger partial charge < -0.3 is 5.11 Å². The van der Waals surface area contributed by atoms with Crippen LogP contribution < -0.4 is 0 Å². The number of carbonyl (C=O) groups is 1. The second-order valence-corrected chi connectivity index (χ2v) is 2.21. The van der Waals surface area contributed by atoms with Gasteiger partial charge in [0.2, 0.25) is 0 Å². The molecule has 0 saturated heterocycles. The number of hydrogen-bond donors (Lipinski definition) is 1. The molecule has 0 radical (unpaired) electrons. The minimum absolute atomic E-state index is 0.0671. The van der Waals surface area contributed by atoms with Crippen LogP contribution >= 0.6 is 0 Å². The summed E-state index contributed by atoms with van der Waals surface area (Å²) in [6.07, 6.45) is 2.33. The molecule has 2 heterocycles. The molecule has 2 rings (SSSR count). The molecule has 5 nitrogen and oxygen atoms in total. The predicted molar refractivity (Wildman–Crippen MR) is 36.6 cm³/mol. The smallest absolute Gasteiger partial charge is 0.417 e. The Morgan fingerprint density at radius 3 is 3.00 bits per heavy atom. The second-order valence-electron chi connectivity index (χ2n) is 2.21. The first kappa shape index (κ1) is 6.84. The minimum Gasteiger partial charge on any atom is -0.464 e. The lowest BCUT2D eigenvalue weighted by molar-refractivity contribution is 0.197. The van der Waals surface area contributed by atoms with Gasteiger partial charge in [0.25, 0.3) is 0 Å². The van der Waals surface area contributed by atoms with Crippen molar-refractivity contribution < 1.29 is 14.3 Å². The lowest BCUT2D eigenvalue weighted by atomic mass is 10.6. The van der Waals surface area contributed by atoms with Crippen LogP contribution in [-0.2, 0) is 0 Å². The van der Waals surface area contributed by atoms with Crippen LogP contribution in [0.3, 0.4) is 0 Å². The van der Waals surface area contributed by atoms with Gasteiger partial charge in [-0.25, -0.2) is 18.3 Å². The maximum atomic E-state index is 12.8. The summed E-state index contributed by atoms with van der Waals surface area (Å²) in [4.78, 5) is 10.5. The molecule has 0 aliphatic heterocycles. The zero-order valence-corrected chi connectivity index (χ0v) is 5.81. The highest BCUT2D eigenvalue weighted by atomic mass is 19.1. The third kappa shape index (κ3) is 0.714. The second kappa shape index (κ2) is 2.07. The van der Waals surface area contributed by atoms with Gasteiger partial charge in [-0.15, -0.1) is 0 Å². The Morgan fingerprint density at radius 1 is 1.58 bits per heavy atom. The Hall–Kier alpha value is -1.85. The zero-order valence-electron chi connectivity index (χ0n) is 5.81. The SMILES string of the molecule is O=C(O)n1ccn2ncc(F)c12. The van der Waals surface area contributed by atoms with Crippen LogP contribution in [0, 0.1) is 5.82 Å². The van der Waals surface area contributed by atoms with E-state index in [2.05, 4.69) is 5.10 Å². The van der Waals surface area contributed by atoms with Crippen molar-refractivity contribution in [3.63, 3.8) is 0 Å². The molecular weight excluding hydrogens is 165 g/mol. The molecule has 0 bridgehead atoms. The van der Waals surface area contributed by atoms with E-state index >= 15 is 0 Å². The number of fused-ring (bicyclic) bond motifs is 1. The Kier molecular flexibility index (Phi) is 1.18. The Bertz CT molecular complexity index is 445. The van der Waals surface area contributed by atoms with Crippen molar-refractivity contribution in [2.45, 2.75) is 0 Å². The van der Waals surface area contributed by atoms with Gasteiger partial charge in [-0.3, -0.25) is 0 Å². The lowest BCUT2D eigenvalue weighted by Crippen LogP contribution is -2.06. The fourth-order valence-electron chi connectivity index (χ4n) is 1.02. The Labute approximate surface area is 65.6 Å². The first-order chi connectivity index (χ1) is 5.70. The first-order valence-electron chi connectivity index (χ1n) is 3.13. The summed E-state index contributed by atoms with van der Waals surface area (Å²) >= 11 is 0. The topological polar surface area (TPSA) is 59.5 Å². The molecular formula is C6H4FN3O2. The van der Waals surface area contributed by atoms with E-state index in [1.165, 1.54) is 12.4 Å². The van der Waals surface area contributed by atoms with Gasteiger partial charge in [-0.05, 0) is 0 Å². The molecule has 0 spiro atoms. The van der Waals surface area contributed by atoms with E-state index in [-0.39, 0.29) is 5.65 Å². The Balaban J connectivity index is 2.83. The number of carboxylic acid groups (broad SMARTS) is 1. The summed E-state index contributed by atoms with van der Waals surface area (Å²) in [5.74, 6) is -0.651. The summed E-state index contributed by atoms with van der Waals surface area (Å²) in [6.45, 7) is 0. The van der Waals surface area contributed by atoms with Gasteiger partial charge >= 0.3 is 6.09 Å². The summed E-state index contributed by atoms with van der Waals surface area (Å²) in [5, 5.41) is 12.1. The van der Waals surface area contributed by atoms with E-state index in [0.29, 0.717) is 0 Å². The van der Waals surface area contributed by atoms with E-state index in [1.54, 1.807) is 0 Å². The van der Waals surface area contributed by atoms with Gasteiger partial charge in [0.1, 0.15) is 0 Å². The van der Waals surface area contributed by atoms with Gasteiger partial charge in [-0.2, -0.15) is 5.10 Å². The third-order valence-corrected chi connectivity index (χ3v) is 1.52. The Morgan fingerprint density at radius 2 is 2.33 bits per heavy atom. The van der Waals surface area contributed by atoms with Crippen molar-refractivity contribution in [2.24, 2.45) is 0 Å². The molecule has 12 heavy (non-hydrogen) atoms. The van der Waals surface area contributed by atoms with E-state index in [9.17, 15) is 9.18 Å². The number of nitrogens with zero attached hydrogens (tertiary/aromatic N) is 3. The molecule has 0 atom stereocenters. The quantitative estimate of drug-likeness (QED) is 0.634. The van der Waals surface area contributed by atoms with Crippen LogP contribution in [0.1, 0.15) is 0 Å². The fraction of sp³-hybridized carbons (Fsp3) is 0. The van der Waals surface area contributed by atoms with Crippen molar-refractivity contribution in [2.75, 3.05) is 0 Å². The van der Waals surface area contributed by atoms with Gasteiger partial charge in [-0.1, -0.05) is 0 Å². The number of aromatic nitrogens is 3. The maximum Gasteiger partial charge on any atom is 0.417 e. The van der Waals surface area contributed by atoms with Gasteiger partial charge in [0.05, 0.1) is 6.20 Å². The largest absolute Gasteiger partial charge is 0.464 e. The van der Waals surface area contributed by atoms with Crippen LogP contribution in [0.15, 0.2) is 18.6 Å². The van der Waals surface area contributed by atoms with E-state index in [4.69, 9.17) is 5.11 Å². The molecule has 62 valence electrons. The highest BCUT2D eigenvalue weighted by molar-refractivity contribution is 5.74. The van der Waals surface area contributed by atoms with Crippen molar-refractivity contribution in [1.29, 1.82) is 0 Å². The molecule has 2 aromatic heterocycles. The molecule has 0 aromatic carbocycles. The maximum absolute atomic E-state index is 12.8.